The lowest BCUT2D eigenvalue weighted by molar-refractivity contribution is 0.0930. The maximum Gasteiger partial charge on any atom is 0.251 e. The Balaban J connectivity index is 2.20. The Morgan fingerprint density at radius 2 is 2.18 bits per heavy atom. The zero-order valence-electron chi connectivity index (χ0n) is 13.0. The van der Waals surface area contributed by atoms with E-state index in [1.54, 1.807) is 19.9 Å². The molecular weight excluding hydrogens is 302 g/mol. The molecule has 3 N–H and O–H groups in total. The SMILES string of the molecule is CCNS(=O)(=O)c1ccc(C)c(C(=O)NC2CCCNC2)c1. The summed E-state index contributed by atoms with van der Waals surface area (Å²) in [5.74, 6) is -0.222. The molecule has 1 amide bonds. The molecule has 1 saturated heterocycles. The number of aryl methyl sites for hydroxylation is 1. The first-order valence-electron chi connectivity index (χ1n) is 7.56. The number of hydrogen-bond acceptors (Lipinski definition) is 4. The van der Waals surface area contributed by atoms with Gasteiger partial charge in [0.25, 0.3) is 5.91 Å². The van der Waals surface area contributed by atoms with Crippen LogP contribution in [0.5, 0.6) is 0 Å². The second-order valence-corrected chi connectivity index (χ2v) is 7.26. The number of carbonyl (C=O) groups is 1. The summed E-state index contributed by atoms with van der Waals surface area (Å²) in [5, 5.41) is 6.21. The maximum absolute atomic E-state index is 12.4. The zero-order chi connectivity index (χ0) is 16.2. The summed E-state index contributed by atoms with van der Waals surface area (Å²) in [6.07, 6.45) is 1.96. The number of nitrogens with one attached hydrogen (secondary N) is 3. The molecule has 122 valence electrons. The number of hydrogen-bond donors (Lipinski definition) is 3. The molecule has 0 spiro atoms. The van der Waals surface area contributed by atoms with Crippen LogP contribution in [-0.4, -0.2) is 40.0 Å². The highest BCUT2D eigenvalue weighted by Crippen LogP contribution is 2.16. The Morgan fingerprint density at radius 3 is 2.82 bits per heavy atom. The first-order chi connectivity index (χ1) is 10.4. The molecule has 0 aliphatic carbocycles. The predicted octanol–water partition coefficient (Wildman–Crippen LogP) is 0.775. The number of carbonyl (C=O) groups excluding carboxylic acids is 1. The molecule has 1 aromatic carbocycles. The monoisotopic (exact) mass is 325 g/mol. The minimum absolute atomic E-state index is 0.0923. The normalized spacial score (nSPS) is 18.9. The van der Waals surface area contributed by atoms with Gasteiger partial charge >= 0.3 is 0 Å². The highest BCUT2D eigenvalue weighted by molar-refractivity contribution is 7.89. The van der Waals surface area contributed by atoms with E-state index in [-0.39, 0.29) is 16.8 Å². The van der Waals surface area contributed by atoms with E-state index in [1.807, 2.05) is 0 Å². The Bertz CT molecular complexity index is 637. The number of sulfonamides is 1. The van der Waals surface area contributed by atoms with Gasteiger partial charge in [0.05, 0.1) is 4.90 Å². The van der Waals surface area contributed by atoms with Crippen LogP contribution >= 0.6 is 0 Å². The van der Waals surface area contributed by atoms with Gasteiger partial charge in [-0.2, -0.15) is 0 Å². The minimum Gasteiger partial charge on any atom is -0.348 e. The van der Waals surface area contributed by atoms with Gasteiger partial charge in [-0.15, -0.1) is 0 Å². The van der Waals surface area contributed by atoms with Crippen molar-refractivity contribution in [3.05, 3.63) is 29.3 Å². The molecule has 1 atom stereocenters. The van der Waals surface area contributed by atoms with Crippen molar-refractivity contribution in [3.63, 3.8) is 0 Å². The van der Waals surface area contributed by atoms with Crippen molar-refractivity contribution in [1.82, 2.24) is 15.4 Å². The van der Waals surface area contributed by atoms with Gasteiger partial charge in [0.2, 0.25) is 10.0 Å². The molecule has 7 heteroatoms. The summed E-state index contributed by atoms with van der Waals surface area (Å²) in [6, 6.07) is 4.72. The van der Waals surface area contributed by atoms with Gasteiger partial charge in [0.15, 0.2) is 0 Å². The third-order valence-electron chi connectivity index (χ3n) is 3.73. The smallest absolute Gasteiger partial charge is 0.251 e. The largest absolute Gasteiger partial charge is 0.348 e. The van der Waals surface area contributed by atoms with Crippen LogP contribution in [-0.2, 0) is 10.0 Å². The van der Waals surface area contributed by atoms with E-state index >= 15 is 0 Å². The summed E-state index contributed by atoms with van der Waals surface area (Å²) in [6.45, 7) is 5.56. The summed E-state index contributed by atoms with van der Waals surface area (Å²) in [4.78, 5) is 12.5. The van der Waals surface area contributed by atoms with Crippen LogP contribution in [0.25, 0.3) is 0 Å². The zero-order valence-corrected chi connectivity index (χ0v) is 13.8. The van der Waals surface area contributed by atoms with Gasteiger partial charge in [0.1, 0.15) is 0 Å². The summed E-state index contributed by atoms with van der Waals surface area (Å²) in [5.41, 5.74) is 1.17. The van der Waals surface area contributed by atoms with Gasteiger partial charge in [-0.25, -0.2) is 13.1 Å². The van der Waals surface area contributed by atoms with Gasteiger partial charge < -0.3 is 10.6 Å². The van der Waals surface area contributed by atoms with E-state index in [2.05, 4.69) is 15.4 Å². The van der Waals surface area contributed by atoms with Crippen molar-refractivity contribution in [1.29, 1.82) is 0 Å². The van der Waals surface area contributed by atoms with Gasteiger partial charge in [0, 0.05) is 24.7 Å². The van der Waals surface area contributed by atoms with Crippen molar-refractivity contribution < 1.29 is 13.2 Å². The molecule has 1 heterocycles. The minimum atomic E-state index is -3.56. The van der Waals surface area contributed by atoms with E-state index in [0.717, 1.165) is 31.5 Å². The van der Waals surface area contributed by atoms with Crippen LogP contribution in [0.3, 0.4) is 0 Å². The topological polar surface area (TPSA) is 87.3 Å². The average Bonchev–Trinajstić information content (AvgIpc) is 2.48. The molecule has 1 fully saturated rings. The fourth-order valence-corrected chi connectivity index (χ4v) is 3.59. The van der Waals surface area contributed by atoms with Gasteiger partial charge in [-0.05, 0) is 44.0 Å². The highest BCUT2D eigenvalue weighted by atomic mass is 32.2. The van der Waals surface area contributed by atoms with E-state index in [0.29, 0.717) is 12.1 Å². The van der Waals surface area contributed by atoms with E-state index in [9.17, 15) is 13.2 Å². The number of amides is 1. The molecule has 1 aliphatic heterocycles. The number of rotatable bonds is 5. The Labute approximate surface area is 131 Å². The molecule has 22 heavy (non-hydrogen) atoms. The lowest BCUT2D eigenvalue weighted by atomic mass is 10.1. The Hall–Kier alpha value is -1.44. The Morgan fingerprint density at radius 1 is 1.41 bits per heavy atom. The quantitative estimate of drug-likeness (QED) is 0.746. The van der Waals surface area contributed by atoms with Gasteiger partial charge in [-0.1, -0.05) is 13.0 Å². The summed E-state index contributed by atoms with van der Waals surface area (Å²) >= 11 is 0. The molecule has 0 bridgehead atoms. The van der Waals surface area contributed by atoms with Crippen molar-refractivity contribution in [2.75, 3.05) is 19.6 Å². The van der Waals surface area contributed by atoms with Crippen LogP contribution in [0.2, 0.25) is 0 Å². The van der Waals surface area contributed by atoms with Crippen molar-refractivity contribution in [2.24, 2.45) is 0 Å². The molecule has 0 aromatic heterocycles. The number of benzene rings is 1. The fraction of sp³-hybridized carbons (Fsp3) is 0.533. The van der Waals surface area contributed by atoms with E-state index < -0.39 is 10.0 Å². The molecule has 1 unspecified atom stereocenters. The third kappa shape index (κ3) is 4.06. The lowest BCUT2D eigenvalue weighted by Gasteiger charge is -2.24. The molecule has 6 nitrogen and oxygen atoms in total. The second-order valence-electron chi connectivity index (χ2n) is 5.49. The van der Waals surface area contributed by atoms with E-state index in [4.69, 9.17) is 0 Å². The molecule has 0 saturated carbocycles. The second kappa shape index (κ2) is 7.21. The molecule has 1 aromatic rings. The first-order valence-corrected chi connectivity index (χ1v) is 9.04. The van der Waals surface area contributed by atoms with Crippen LogP contribution in [0.4, 0.5) is 0 Å². The highest BCUT2D eigenvalue weighted by Gasteiger charge is 2.20. The molecule has 1 aliphatic rings. The standard InChI is InChI=1S/C15H23N3O3S/c1-3-17-22(20,21)13-7-6-11(2)14(9-13)15(19)18-12-5-4-8-16-10-12/h6-7,9,12,16-17H,3-5,8,10H2,1-2H3,(H,18,19). The lowest BCUT2D eigenvalue weighted by Crippen LogP contribution is -2.45. The average molecular weight is 325 g/mol. The molecular formula is C15H23N3O3S. The molecule has 0 radical (unpaired) electrons. The first kappa shape index (κ1) is 16.9. The van der Waals surface area contributed by atoms with Gasteiger partial charge in [-0.3, -0.25) is 4.79 Å². The molecule has 2 rings (SSSR count). The van der Waals surface area contributed by atoms with Crippen LogP contribution < -0.4 is 15.4 Å². The van der Waals surface area contributed by atoms with Crippen molar-refractivity contribution in [2.45, 2.75) is 37.6 Å². The van der Waals surface area contributed by atoms with Crippen molar-refractivity contribution >= 4 is 15.9 Å². The third-order valence-corrected chi connectivity index (χ3v) is 5.27. The van der Waals surface area contributed by atoms with Crippen LogP contribution in [0, 0.1) is 6.92 Å². The fourth-order valence-electron chi connectivity index (χ4n) is 2.52. The van der Waals surface area contributed by atoms with Crippen LogP contribution in [0.1, 0.15) is 35.7 Å². The van der Waals surface area contributed by atoms with Crippen molar-refractivity contribution in [3.8, 4) is 0 Å². The number of piperidine rings is 1. The Kier molecular flexibility index (Phi) is 5.55. The summed E-state index contributed by atoms with van der Waals surface area (Å²) in [7, 11) is -3.56. The van der Waals surface area contributed by atoms with Crippen LogP contribution in [0.15, 0.2) is 23.1 Å². The van der Waals surface area contributed by atoms with E-state index in [1.165, 1.54) is 12.1 Å². The predicted molar refractivity (Wildman–Crippen MR) is 85.4 cm³/mol. The maximum atomic E-state index is 12.4. The summed E-state index contributed by atoms with van der Waals surface area (Å²) < 4.78 is 26.5.